The molecule has 0 spiro atoms. The molecule has 1 aromatic rings. The van der Waals surface area contributed by atoms with Crippen LogP contribution in [0.2, 0.25) is 0 Å². The molecule has 1 aromatic carbocycles. The minimum absolute atomic E-state index is 0.728. The van der Waals surface area contributed by atoms with E-state index in [1.54, 1.807) is 6.07 Å². The van der Waals surface area contributed by atoms with Crippen molar-refractivity contribution in [2.24, 2.45) is 17.8 Å². The summed E-state index contributed by atoms with van der Waals surface area (Å²) >= 11 is 0. The number of allylic oxidation sites excluding steroid dienone is 2. The largest absolute Gasteiger partial charge is 0.204 e. The van der Waals surface area contributed by atoms with Crippen LogP contribution in [0, 0.1) is 29.4 Å². The van der Waals surface area contributed by atoms with Gasteiger partial charge in [0.25, 0.3) is 0 Å². The number of rotatable bonds is 8. The summed E-state index contributed by atoms with van der Waals surface area (Å²) in [5.74, 6) is 1.38. The van der Waals surface area contributed by atoms with Crippen molar-refractivity contribution in [3.8, 4) is 0 Å². The van der Waals surface area contributed by atoms with E-state index >= 15 is 0 Å². The Kier molecular flexibility index (Phi) is 7.91. The zero-order valence-corrected chi connectivity index (χ0v) is 17.0. The Morgan fingerprint density at radius 2 is 1.52 bits per heavy atom. The van der Waals surface area contributed by atoms with E-state index in [0.717, 1.165) is 36.2 Å². The van der Waals surface area contributed by atoms with Gasteiger partial charge in [0.2, 0.25) is 0 Å². The highest BCUT2D eigenvalue weighted by Crippen LogP contribution is 2.36. The molecule has 2 aliphatic rings. The fraction of sp³-hybridized carbons (Fsp3) is 0.680. The van der Waals surface area contributed by atoms with Crippen LogP contribution < -0.4 is 0 Å². The summed E-state index contributed by atoms with van der Waals surface area (Å²) in [6.45, 7) is 2.31. The van der Waals surface area contributed by atoms with Crippen molar-refractivity contribution in [1.82, 2.24) is 0 Å². The Hall–Kier alpha value is -1.18. The normalized spacial score (nSPS) is 26.0. The molecule has 1 atom stereocenters. The van der Waals surface area contributed by atoms with E-state index in [1.165, 1.54) is 88.3 Å². The van der Waals surface area contributed by atoms with Gasteiger partial charge in [-0.1, -0.05) is 69.6 Å². The third kappa shape index (κ3) is 6.43. The molecule has 0 radical (unpaired) electrons. The van der Waals surface area contributed by atoms with Crippen molar-refractivity contribution in [3.05, 3.63) is 47.0 Å². The second-order valence-electron chi connectivity index (χ2n) is 9.00. The first kappa shape index (κ1) is 20.6. The summed E-state index contributed by atoms with van der Waals surface area (Å²) < 4.78 is 26.3. The third-order valence-electron chi connectivity index (χ3n) is 6.98. The molecule has 0 aromatic heterocycles. The van der Waals surface area contributed by atoms with E-state index in [2.05, 4.69) is 13.0 Å². The molecule has 1 saturated carbocycles. The molecule has 0 nitrogen and oxygen atoms in total. The molecule has 0 amide bonds. The van der Waals surface area contributed by atoms with Gasteiger partial charge in [0.1, 0.15) is 0 Å². The number of hydrogen-bond donors (Lipinski definition) is 0. The van der Waals surface area contributed by atoms with Gasteiger partial charge in [-0.25, -0.2) is 8.78 Å². The van der Waals surface area contributed by atoms with E-state index < -0.39 is 11.6 Å². The molecule has 3 rings (SSSR count). The Bertz CT molecular complexity index is 611. The lowest BCUT2D eigenvalue weighted by Crippen LogP contribution is -2.16. The minimum atomic E-state index is -0.752. The molecular formula is C25H36F2. The molecule has 0 aliphatic heterocycles. The monoisotopic (exact) mass is 374 g/mol. The van der Waals surface area contributed by atoms with Gasteiger partial charge in [0.05, 0.1) is 0 Å². The van der Waals surface area contributed by atoms with Gasteiger partial charge < -0.3 is 0 Å². The molecule has 1 unspecified atom stereocenters. The lowest BCUT2D eigenvalue weighted by Gasteiger charge is -2.30. The molecule has 0 bridgehead atoms. The second kappa shape index (κ2) is 10.4. The Balaban J connectivity index is 1.34. The van der Waals surface area contributed by atoms with Gasteiger partial charge in [0.15, 0.2) is 11.6 Å². The molecule has 1 fully saturated rings. The second-order valence-corrected chi connectivity index (χ2v) is 9.00. The van der Waals surface area contributed by atoms with Gasteiger partial charge in [-0.2, -0.15) is 0 Å². The molecule has 150 valence electrons. The van der Waals surface area contributed by atoms with Crippen molar-refractivity contribution in [2.45, 2.75) is 90.4 Å². The molecule has 2 heteroatoms. The molecule has 27 heavy (non-hydrogen) atoms. The summed E-state index contributed by atoms with van der Waals surface area (Å²) in [4.78, 5) is 0. The number of aryl methyl sites for hydroxylation is 1. The standard InChI is InChI=1S/C25H36F2/c1-2-3-19-4-6-20(7-5-19)8-9-21-10-12-22(13-11-21)14-15-23-16-17-24(26)25(27)18-23/h12,16-21H,2-11,13-15H2,1H3. The van der Waals surface area contributed by atoms with Crippen molar-refractivity contribution in [2.75, 3.05) is 0 Å². The molecular weight excluding hydrogens is 338 g/mol. The highest BCUT2D eigenvalue weighted by molar-refractivity contribution is 5.19. The summed E-state index contributed by atoms with van der Waals surface area (Å²) in [7, 11) is 0. The first-order valence-corrected chi connectivity index (χ1v) is 11.3. The minimum Gasteiger partial charge on any atom is -0.204 e. The average Bonchev–Trinajstić information content (AvgIpc) is 2.69. The van der Waals surface area contributed by atoms with Gasteiger partial charge in [-0.05, 0) is 74.0 Å². The van der Waals surface area contributed by atoms with E-state index in [4.69, 9.17) is 0 Å². The van der Waals surface area contributed by atoms with Crippen LogP contribution in [0.5, 0.6) is 0 Å². The predicted molar refractivity (Wildman–Crippen MR) is 110 cm³/mol. The Labute approximate surface area is 164 Å². The maximum absolute atomic E-state index is 13.3. The highest BCUT2D eigenvalue weighted by Gasteiger charge is 2.22. The summed E-state index contributed by atoms with van der Waals surface area (Å²) in [5.41, 5.74) is 2.41. The molecule has 2 aliphatic carbocycles. The van der Waals surface area contributed by atoms with Gasteiger partial charge in [-0.3, -0.25) is 0 Å². The van der Waals surface area contributed by atoms with Crippen LogP contribution in [-0.2, 0) is 6.42 Å². The smallest absolute Gasteiger partial charge is 0.159 e. The van der Waals surface area contributed by atoms with Crippen LogP contribution in [-0.4, -0.2) is 0 Å². The topological polar surface area (TPSA) is 0 Å². The van der Waals surface area contributed by atoms with Crippen LogP contribution in [0.4, 0.5) is 8.78 Å². The van der Waals surface area contributed by atoms with Crippen molar-refractivity contribution in [3.63, 3.8) is 0 Å². The fourth-order valence-electron chi connectivity index (χ4n) is 5.12. The third-order valence-corrected chi connectivity index (χ3v) is 6.98. The Morgan fingerprint density at radius 3 is 2.15 bits per heavy atom. The van der Waals surface area contributed by atoms with E-state index in [-0.39, 0.29) is 0 Å². The maximum Gasteiger partial charge on any atom is 0.159 e. The zero-order valence-electron chi connectivity index (χ0n) is 17.0. The van der Waals surface area contributed by atoms with E-state index in [0.29, 0.717) is 0 Å². The first-order valence-electron chi connectivity index (χ1n) is 11.3. The van der Waals surface area contributed by atoms with E-state index in [9.17, 15) is 8.78 Å². The number of hydrogen-bond acceptors (Lipinski definition) is 0. The molecule has 0 N–H and O–H groups in total. The SMILES string of the molecule is CCCC1CCC(CCC2CC=C(CCc3ccc(F)c(F)c3)CC2)CC1. The lowest BCUT2D eigenvalue weighted by molar-refractivity contribution is 0.236. The average molecular weight is 375 g/mol. The van der Waals surface area contributed by atoms with Crippen molar-refractivity contribution in [1.29, 1.82) is 0 Å². The number of benzene rings is 1. The van der Waals surface area contributed by atoms with Crippen molar-refractivity contribution >= 4 is 0 Å². The van der Waals surface area contributed by atoms with Crippen LogP contribution in [0.25, 0.3) is 0 Å². The van der Waals surface area contributed by atoms with Crippen LogP contribution in [0.3, 0.4) is 0 Å². The van der Waals surface area contributed by atoms with Crippen molar-refractivity contribution < 1.29 is 8.78 Å². The fourth-order valence-corrected chi connectivity index (χ4v) is 5.12. The number of halogens is 2. The van der Waals surface area contributed by atoms with Crippen LogP contribution in [0.1, 0.15) is 89.5 Å². The molecule has 0 heterocycles. The summed E-state index contributed by atoms with van der Waals surface area (Å²) in [5, 5.41) is 0. The summed E-state index contributed by atoms with van der Waals surface area (Å²) in [6, 6.07) is 4.29. The summed E-state index contributed by atoms with van der Waals surface area (Å²) in [6.07, 6.45) is 19.5. The lowest BCUT2D eigenvalue weighted by atomic mass is 9.76. The maximum atomic E-state index is 13.3. The van der Waals surface area contributed by atoms with Gasteiger partial charge in [-0.15, -0.1) is 0 Å². The Morgan fingerprint density at radius 1 is 0.815 bits per heavy atom. The molecule has 0 saturated heterocycles. The highest BCUT2D eigenvalue weighted by atomic mass is 19.2. The van der Waals surface area contributed by atoms with Gasteiger partial charge in [0, 0.05) is 0 Å². The van der Waals surface area contributed by atoms with Gasteiger partial charge >= 0.3 is 0 Å². The van der Waals surface area contributed by atoms with Crippen LogP contribution in [0.15, 0.2) is 29.8 Å². The quantitative estimate of drug-likeness (QED) is 0.404. The van der Waals surface area contributed by atoms with Crippen LogP contribution >= 0.6 is 0 Å². The predicted octanol–water partition coefficient (Wildman–Crippen LogP) is 8.01. The van der Waals surface area contributed by atoms with E-state index in [1.807, 2.05) is 0 Å². The zero-order chi connectivity index (χ0) is 19.1. The first-order chi connectivity index (χ1) is 13.1.